The van der Waals surface area contributed by atoms with Crippen LogP contribution in [0.3, 0.4) is 0 Å². The van der Waals surface area contributed by atoms with Crippen molar-refractivity contribution < 1.29 is 0 Å². The van der Waals surface area contributed by atoms with Gasteiger partial charge in [0, 0.05) is 27.8 Å². The van der Waals surface area contributed by atoms with Crippen LogP contribution >= 0.6 is 0 Å². The minimum Gasteiger partial charge on any atom is -0.310 e. The molecule has 4 aliphatic carbocycles. The molecule has 1 heteroatoms. The number of nitrogens with zero attached hydrogens (tertiary/aromatic N) is 1. The Morgan fingerprint density at radius 2 is 0.800 bits per heavy atom. The number of fused-ring (bicyclic) bond motifs is 16. The van der Waals surface area contributed by atoms with Crippen molar-refractivity contribution in [2.24, 2.45) is 0 Å². The van der Waals surface area contributed by atoms with Gasteiger partial charge in [-0.2, -0.15) is 0 Å². The summed E-state index contributed by atoms with van der Waals surface area (Å²) in [5.74, 6) is 0. The molecule has 0 aliphatic heterocycles. The van der Waals surface area contributed by atoms with Crippen LogP contribution in [0.25, 0.3) is 55.6 Å². The molecule has 0 saturated carbocycles. The molecule has 0 unspecified atom stereocenters. The van der Waals surface area contributed by atoms with E-state index in [4.69, 9.17) is 0 Å². The molecule has 0 aromatic heterocycles. The maximum atomic E-state index is 2.59. The molecule has 70 heavy (non-hydrogen) atoms. The second kappa shape index (κ2) is 14.4. The average Bonchev–Trinajstić information content (AvgIpc) is 3.99. The predicted octanol–water partition coefficient (Wildman–Crippen LogP) is 18.4. The summed E-state index contributed by atoms with van der Waals surface area (Å²) in [5, 5.41) is 0. The van der Waals surface area contributed by atoms with E-state index in [0.717, 1.165) is 11.4 Å². The highest BCUT2D eigenvalue weighted by molar-refractivity contribution is 6.02. The molecule has 0 amide bonds. The van der Waals surface area contributed by atoms with E-state index in [0.29, 0.717) is 0 Å². The van der Waals surface area contributed by atoms with E-state index >= 15 is 0 Å². The van der Waals surface area contributed by atoms with Crippen LogP contribution in [0, 0.1) is 0 Å². The zero-order valence-electron chi connectivity index (χ0n) is 42.3. The molecule has 0 atom stereocenters. The zero-order chi connectivity index (χ0) is 48.3. The second-order valence-corrected chi connectivity index (χ2v) is 23.7. The van der Waals surface area contributed by atoms with Crippen molar-refractivity contribution in [3.8, 4) is 55.6 Å². The quantitative estimate of drug-likeness (QED) is 0.170. The minimum absolute atomic E-state index is 0.0237. The first-order chi connectivity index (χ1) is 33.5. The van der Waals surface area contributed by atoms with Crippen molar-refractivity contribution in [1.82, 2.24) is 0 Å². The fraction of sp³-hybridized carbons (Fsp3) is 0.217. The normalized spacial score (nSPS) is 15.6. The van der Waals surface area contributed by atoms with Gasteiger partial charge in [-0.3, -0.25) is 0 Å². The molecule has 9 aromatic rings. The molecule has 0 N–H and O–H groups in total. The van der Waals surface area contributed by atoms with Gasteiger partial charge in [0.15, 0.2) is 0 Å². The summed E-state index contributed by atoms with van der Waals surface area (Å²) in [7, 11) is 0. The molecule has 0 fully saturated rings. The smallest absolute Gasteiger partial charge is 0.0726 e. The molecule has 342 valence electrons. The van der Waals surface area contributed by atoms with Crippen LogP contribution in [0.2, 0.25) is 0 Å². The van der Waals surface area contributed by atoms with Gasteiger partial charge in [0.25, 0.3) is 0 Å². The van der Waals surface area contributed by atoms with Crippen LogP contribution < -0.4 is 4.90 Å². The fourth-order valence-electron chi connectivity index (χ4n) is 13.5. The Bertz CT molecular complexity index is 3630. The Hall–Kier alpha value is -7.22. The largest absolute Gasteiger partial charge is 0.310 e. The molecule has 4 aliphatic rings. The van der Waals surface area contributed by atoms with E-state index < -0.39 is 5.41 Å². The molecule has 1 spiro atoms. The van der Waals surface area contributed by atoms with Crippen molar-refractivity contribution in [2.75, 3.05) is 4.90 Å². The molecular formula is C69H61N. The predicted molar refractivity (Wildman–Crippen MR) is 295 cm³/mol. The van der Waals surface area contributed by atoms with Crippen LogP contribution in [0.15, 0.2) is 188 Å². The molecule has 0 heterocycles. The van der Waals surface area contributed by atoms with Gasteiger partial charge in [-0.1, -0.05) is 227 Å². The Labute approximate surface area is 415 Å². The van der Waals surface area contributed by atoms with Gasteiger partial charge in [0.2, 0.25) is 0 Å². The summed E-state index contributed by atoms with van der Waals surface area (Å²) in [5.41, 5.74) is 29.5. The van der Waals surface area contributed by atoms with Gasteiger partial charge in [0.05, 0.1) is 11.1 Å². The molecule has 1 nitrogen and oxygen atoms in total. The lowest BCUT2D eigenvalue weighted by atomic mass is 9.69. The Kier molecular flexibility index (Phi) is 8.83. The highest BCUT2D eigenvalue weighted by atomic mass is 15.1. The summed E-state index contributed by atoms with van der Waals surface area (Å²) < 4.78 is 0. The van der Waals surface area contributed by atoms with Crippen molar-refractivity contribution in [1.29, 1.82) is 0 Å². The van der Waals surface area contributed by atoms with E-state index in [9.17, 15) is 0 Å². The standard InChI is InChI=1S/C69H61N/c1-65(2,3)43-32-35-51-52-36-33-44(66(4,5)6)40-61(52)69(60(51)39-43)57-29-16-13-24-54(57)63-58(69)30-19-31-62(63)70(46-34-37-50-48-22-11-14-27-55(48)67(7,8)59(50)41-46)45-21-17-20-42(38-45)47-25-18-26-53-49-23-12-15-28-56(49)68(9,10)64(47)53/h11-41H,1-10H3. The van der Waals surface area contributed by atoms with E-state index in [1.54, 1.807) is 0 Å². The Morgan fingerprint density at radius 1 is 0.329 bits per heavy atom. The first-order valence-electron chi connectivity index (χ1n) is 25.4. The Morgan fingerprint density at radius 3 is 1.46 bits per heavy atom. The molecule has 13 rings (SSSR count). The average molecular weight is 904 g/mol. The third kappa shape index (κ3) is 5.73. The van der Waals surface area contributed by atoms with Crippen molar-refractivity contribution in [3.05, 3.63) is 244 Å². The third-order valence-electron chi connectivity index (χ3n) is 17.0. The van der Waals surface area contributed by atoms with Crippen LogP contribution in [0.4, 0.5) is 17.1 Å². The highest BCUT2D eigenvalue weighted by Crippen LogP contribution is 2.66. The van der Waals surface area contributed by atoms with Gasteiger partial charge < -0.3 is 4.90 Å². The lowest BCUT2D eigenvalue weighted by Crippen LogP contribution is -2.27. The maximum Gasteiger partial charge on any atom is 0.0726 e. The van der Waals surface area contributed by atoms with Crippen LogP contribution in [0.1, 0.15) is 125 Å². The fourth-order valence-corrected chi connectivity index (χ4v) is 13.5. The van der Waals surface area contributed by atoms with Crippen LogP contribution in [0.5, 0.6) is 0 Å². The zero-order valence-corrected chi connectivity index (χ0v) is 42.3. The van der Waals surface area contributed by atoms with Crippen molar-refractivity contribution in [3.63, 3.8) is 0 Å². The SMILES string of the molecule is CC(C)(C)c1ccc2c(c1)C1(c3cc(C(C)(C)C)ccc3-2)c2ccccc2-c2c(N(c3cccc(-c4cccc5c4C(C)(C)c4ccccc4-5)c3)c3ccc4c(c3)C(C)(C)c3ccccc3-4)cccc21. The summed E-state index contributed by atoms with van der Waals surface area (Å²) >= 11 is 0. The summed E-state index contributed by atoms with van der Waals surface area (Å²) in [6.45, 7) is 23.7. The maximum absolute atomic E-state index is 2.59. The molecular weight excluding hydrogens is 843 g/mol. The van der Waals surface area contributed by atoms with Crippen LogP contribution in [-0.2, 0) is 27.1 Å². The molecule has 0 bridgehead atoms. The van der Waals surface area contributed by atoms with Gasteiger partial charge in [-0.05, 0) is 147 Å². The summed E-state index contributed by atoms with van der Waals surface area (Å²) in [6.07, 6.45) is 0. The molecule has 9 aromatic carbocycles. The molecule has 0 radical (unpaired) electrons. The molecule has 0 saturated heterocycles. The monoisotopic (exact) mass is 903 g/mol. The number of rotatable bonds is 4. The summed E-state index contributed by atoms with van der Waals surface area (Å²) in [4.78, 5) is 2.59. The van der Waals surface area contributed by atoms with E-state index in [1.165, 1.54) is 117 Å². The number of anilines is 3. The van der Waals surface area contributed by atoms with Gasteiger partial charge in [0.1, 0.15) is 0 Å². The minimum atomic E-state index is -0.518. The second-order valence-electron chi connectivity index (χ2n) is 23.7. The van der Waals surface area contributed by atoms with E-state index in [2.05, 4.69) is 262 Å². The topological polar surface area (TPSA) is 3.24 Å². The Balaban J connectivity index is 1.09. The van der Waals surface area contributed by atoms with Gasteiger partial charge >= 0.3 is 0 Å². The van der Waals surface area contributed by atoms with Crippen molar-refractivity contribution in [2.45, 2.75) is 96.3 Å². The highest BCUT2D eigenvalue weighted by Gasteiger charge is 2.53. The number of benzene rings is 9. The van der Waals surface area contributed by atoms with E-state index in [1.807, 2.05) is 0 Å². The lowest BCUT2D eigenvalue weighted by Gasteiger charge is -2.34. The first-order valence-corrected chi connectivity index (χ1v) is 25.4. The van der Waals surface area contributed by atoms with Crippen molar-refractivity contribution >= 4 is 17.1 Å². The van der Waals surface area contributed by atoms with Crippen LogP contribution in [-0.4, -0.2) is 0 Å². The summed E-state index contributed by atoms with van der Waals surface area (Å²) in [6, 6.07) is 72.9. The number of hydrogen-bond donors (Lipinski definition) is 0. The van der Waals surface area contributed by atoms with E-state index in [-0.39, 0.29) is 21.7 Å². The van der Waals surface area contributed by atoms with Gasteiger partial charge in [-0.15, -0.1) is 0 Å². The first kappa shape index (κ1) is 42.8. The number of hydrogen-bond acceptors (Lipinski definition) is 1. The third-order valence-corrected chi connectivity index (χ3v) is 17.0. The van der Waals surface area contributed by atoms with Gasteiger partial charge in [-0.25, -0.2) is 0 Å². The lowest BCUT2D eigenvalue weighted by molar-refractivity contribution is 0.586.